The molecule has 0 aliphatic rings. The monoisotopic (exact) mass is 383 g/mol. The van der Waals surface area contributed by atoms with Crippen LogP contribution < -0.4 is 10.6 Å². The number of anilines is 1. The first kappa shape index (κ1) is 21.3. The molecule has 0 atom stereocenters. The third-order valence-corrected chi connectivity index (χ3v) is 4.30. The number of nitrogens with zero attached hydrogens (tertiary/aromatic N) is 2. The van der Waals surface area contributed by atoms with Crippen LogP contribution >= 0.6 is 0 Å². The van der Waals surface area contributed by atoms with E-state index in [1.807, 2.05) is 41.3 Å². The van der Waals surface area contributed by atoms with E-state index < -0.39 is 5.91 Å². The predicted octanol–water partition coefficient (Wildman–Crippen LogP) is 2.76. The minimum absolute atomic E-state index is 0.0888. The molecule has 2 aromatic rings. The normalized spacial score (nSPS) is 10.7. The average Bonchev–Trinajstić information content (AvgIpc) is 2.64. The van der Waals surface area contributed by atoms with E-state index in [1.54, 1.807) is 23.1 Å². The number of primary amides is 1. The third-order valence-electron chi connectivity index (χ3n) is 4.30. The summed E-state index contributed by atoms with van der Waals surface area (Å²) in [6.45, 7) is 5.68. The number of benzene rings is 2. The van der Waals surface area contributed by atoms with Gasteiger partial charge in [0, 0.05) is 37.8 Å². The Kier molecular flexibility index (Phi) is 7.87. The van der Waals surface area contributed by atoms with Gasteiger partial charge in [-0.2, -0.15) is 0 Å². The summed E-state index contributed by atoms with van der Waals surface area (Å²) in [7, 11) is 0. The van der Waals surface area contributed by atoms with E-state index in [4.69, 9.17) is 5.73 Å². The van der Waals surface area contributed by atoms with Crippen molar-refractivity contribution in [3.63, 3.8) is 0 Å². The SMILES string of the molecule is CC(C)CN(CC(=O)N(CCC(N)=O)Cc1ccccc1)c1cccc(O)c1. The van der Waals surface area contributed by atoms with Gasteiger partial charge in [-0.15, -0.1) is 0 Å². The molecular formula is C22H29N3O3. The second-order valence-corrected chi connectivity index (χ2v) is 7.31. The molecule has 0 aromatic heterocycles. The molecule has 6 nitrogen and oxygen atoms in total. The first-order valence-electron chi connectivity index (χ1n) is 9.49. The molecule has 0 aliphatic heterocycles. The van der Waals surface area contributed by atoms with Crippen molar-refractivity contribution < 1.29 is 14.7 Å². The minimum atomic E-state index is -0.433. The number of nitrogens with two attached hydrogens (primary N) is 1. The van der Waals surface area contributed by atoms with E-state index in [-0.39, 0.29) is 31.2 Å². The summed E-state index contributed by atoms with van der Waals surface area (Å²) in [5.41, 5.74) is 7.08. The lowest BCUT2D eigenvalue weighted by atomic mass is 10.1. The number of phenols is 1. The van der Waals surface area contributed by atoms with Crippen LogP contribution in [-0.2, 0) is 16.1 Å². The number of hydrogen-bond acceptors (Lipinski definition) is 4. The molecule has 0 radical (unpaired) electrons. The van der Waals surface area contributed by atoms with Gasteiger partial charge in [0.2, 0.25) is 11.8 Å². The fraction of sp³-hybridized carbons (Fsp3) is 0.364. The molecule has 2 aromatic carbocycles. The molecule has 2 amide bonds. The van der Waals surface area contributed by atoms with Gasteiger partial charge in [-0.3, -0.25) is 9.59 Å². The van der Waals surface area contributed by atoms with Gasteiger partial charge in [0.25, 0.3) is 0 Å². The van der Waals surface area contributed by atoms with Gasteiger partial charge >= 0.3 is 0 Å². The molecule has 0 aliphatic carbocycles. The molecule has 3 N–H and O–H groups in total. The van der Waals surface area contributed by atoms with Gasteiger partial charge in [0.15, 0.2) is 0 Å². The second-order valence-electron chi connectivity index (χ2n) is 7.31. The van der Waals surface area contributed by atoms with Crippen LogP contribution in [0.1, 0.15) is 25.8 Å². The van der Waals surface area contributed by atoms with Crippen LogP contribution in [0.2, 0.25) is 0 Å². The number of carbonyl (C=O) groups is 2. The molecule has 0 spiro atoms. The standard InChI is InChI=1S/C22H29N3O3/c1-17(2)14-25(19-9-6-10-20(26)13-19)16-22(28)24(12-11-21(23)27)15-18-7-4-3-5-8-18/h3-10,13,17,26H,11-12,14-16H2,1-2H3,(H2,23,27). The first-order chi connectivity index (χ1) is 13.3. The summed E-state index contributed by atoms with van der Waals surface area (Å²) in [4.78, 5) is 27.9. The Balaban J connectivity index is 2.18. The van der Waals surface area contributed by atoms with Crippen LogP contribution in [0.5, 0.6) is 5.75 Å². The Bertz CT molecular complexity index is 778. The minimum Gasteiger partial charge on any atom is -0.508 e. The molecule has 150 valence electrons. The van der Waals surface area contributed by atoms with E-state index >= 15 is 0 Å². The number of rotatable bonds is 10. The molecule has 0 saturated heterocycles. The van der Waals surface area contributed by atoms with Crippen molar-refractivity contribution >= 4 is 17.5 Å². The smallest absolute Gasteiger partial charge is 0.242 e. The van der Waals surface area contributed by atoms with E-state index in [1.165, 1.54) is 0 Å². The molecule has 0 bridgehead atoms. The highest BCUT2D eigenvalue weighted by Crippen LogP contribution is 2.21. The highest BCUT2D eigenvalue weighted by atomic mass is 16.3. The fourth-order valence-corrected chi connectivity index (χ4v) is 3.00. The lowest BCUT2D eigenvalue weighted by Crippen LogP contribution is -2.42. The van der Waals surface area contributed by atoms with Crippen LogP contribution in [0.4, 0.5) is 5.69 Å². The number of carbonyl (C=O) groups excluding carboxylic acids is 2. The van der Waals surface area contributed by atoms with Gasteiger partial charge in [0.1, 0.15) is 5.75 Å². The number of amides is 2. The molecule has 0 saturated carbocycles. The van der Waals surface area contributed by atoms with Gasteiger partial charge in [-0.05, 0) is 23.6 Å². The number of hydrogen-bond donors (Lipinski definition) is 2. The van der Waals surface area contributed by atoms with E-state index in [2.05, 4.69) is 13.8 Å². The summed E-state index contributed by atoms with van der Waals surface area (Å²) in [5.74, 6) is -0.0242. The first-order valence-corrected chi connectivity index (χ1v) is 9.49. The maximum Gasteiger partial charge on any atom is 0.242 e. The van der Waals surface area contributed by atoms with E-state index in [9.17, 15) is 14.7 Å². The summed E-state index contributed by atoms with van der Waals surface area (Å²) >= 11 is 0. The Labute approximate surface area is 166 Å². The zero-order valence-electron chi connectivity index (χ0n) is 16.5. The Morgan fingerprint density at radius 1 is 1.07 bits per heavy atom. The zero-order chi connectivity index (χ0) is 20.5. The van der Waals surface area contributed by atoms with Crippen molar-refractivity contribution in [2.75, 3.05) is 24.5 Å². The van der Waals surface area contributed by atoms with E-state index in [0.29, 0.717) is 19.0 Å². The lowest BCUT2D eigenvalue weighted by molar-refractivity contribution is -0.131. The number of aromatic hydroxyl groups is 1. The molecule has 28 heavy (non-hydrogen) atoms. The quantitative estimate of drug-likeness (QED) is 0.660. The maximum atomic E-state index is 13.1. The molecule has 0 heterocycles. The van der Waals surface area contributed by atoms with Crippen LogP contribution in [0.25, 0.3) is 0 Å². The Hall–Kier alpha value is -3.02. The molecule has 0 unspecified atom stereocenters. The van der Waals surface area contributed by atoms with Crippen LogP contribution in [0.3, 0.4) is 0 Å². The zero-order valence-corrected chi connectivity index (χ0v) is 16.5. The van der Waals surface area contributed by atoms with Gasteiger partial charge in [-0.25, -0.2) is 0 Å². The second kappa shape index (κ2) is 10.3. The van der Waals surface area contributed by atoms with Crippen LogP contribution in [0, 0.1) is 5.92 Å². The predicted molar refractivity (Wildman–Crippen MR) is 111 cm³/mol. The lowest BCUT2D eigenvalue weighted by Gasteiger charge is -2.30. The number of phenolic OH excluding ortho intramolecular Hbond substituents is 1. The van der Waals surface area contributed by atoms with Crippen molar-refractivity contribution in [3.8, 4) is 5.75 Å². The van der Waals surface area contributed by atoms with E-state index in [0.717, 1.165) is 11.3 Å². The summed E-state index contributed by atoms with van der Waals surface area (Å²) < 4.78 is 0. The van der Waals surface area contributed by atoms with Crippen molar-refractivity contribution in [1.29, 1.82) is 0 Å². The third kappa shape index (κ3) is 6.95. The van der Waals surface area contributed by atoms with Crippen LogP contribution in [0.15, 0.2) is 54.6 Å². The van der Waals surface area contributed by atoms with Crippen LogP contribution in [-0.4, -0.2) is 41.5 Å². The maximum absolute atomic E-state index is 13.1. The molecule has 0 fully saturated rings. The topological polar surface area (TPSA) is 86.9 Å². The Morgan fingerprint density at radius 3 is 2.39 bits per heavy atom. The highest BCUT2D eigenvalue weighted by Gasteiger charge is 2.20. The molecular weight excluding hydrogens is 354 g/mol. The van der Waals surface area contributed by atoms with Crippen molar-refractivity contribution in [1.82, 2.24) is 4.90 Å². The van der Waals surface area contributed by atoms with Crippen molar-refractivity contribution in [2.45, 2.75) is 26.8 Å². The fourth-order valence-electron chi connectivity index (χ4n) is 3.00. The summed E-state index contributed by atoms with van der Waals surface area (Å²) in [6, 6.07) is 16.6. The summed E-state index contributed by atoms with van der Waals surface area (Å²) in [5, 5.41) is 9.81. The summed E-state index contributed by atoms with van der Waals surface area (Å²) in [6.07, 6.45) is 0.120. The largest absolute Gasteiger partial charge is 0.508 e. The highest BCUT2D eigenvalue weighted by molar-refractivity contribution is 5.82. The van der Waals surface area contributed by atoms with Gasteiger partial charge in [0.05, 0.1) is 6.54 Å². The molecule has 6 heteroatoms. The van der Waals surface area contributed by atoms with Gasteiger partial charge in [-0.1, -0.05) is 50.2 Å². The van der Waals surface area contributed by atoms with Gasteiger partial charge < -0.3 is 20.6 Å². The average molecular weight is 383 g/mol. The van der Waals surface area contributed by atoms with Crippen molar-refractivity contribution in [2.24, 2.45) is 11.7 Å². The Morgan fingerprint density at radius 2 is 1.79 bits per heavy atom. The van der Waals surface area contributed by atoms with Crippen molar-refractivity contribution in [3.05, 3.63) is 60.2 Å². The molecule has 2 rings (SSSR count).